The summed E-state index contributed by atoms with van der Waals surface area (Å²) in [6.07, 6.45) is 17.2. The largest absolute Gasteiger partial charge is 0.496 e. The van der Waals surface area contributed by atoms with Gasteiger partial charge in [-0.05, 0) is 18.1 Å². The Hall–Kier alpha value is -2.84. The molecule has 1 unspecified atom stereocenters. The first kappa shape index (κ1) is 31.4. The third-order valence-electron chi connectivity index (χ3n) is 6.85. The number of benzene rings is 1. The molecule has 9 nitrogen and oxygen atoms in total. The van der Waals surface area contributed by atoms with E-state index in [0.29, 0.717) is 35.2 Å². The molecule has 0 saturated heterocycles. The average Bonchev–Trinajstić information content (AvgIpc) is 3.40. The van der Waals surface area contributed by atoms with Crippen molar-refractivity contribution in [3.05, 3.63) is 18.0 Å². The molecule has 1 N–H and O–H groups in total. The van der Waals surface area contributed by atoms with Crippen molar-refractivity contribution in [2.45, 2.75) is 116 Å². The molecule has 1 heterocycles. The third-order valence-corrected chi connectivity index (χ3v) is 6.85. The van der Waals surface area contributed by atoms with Crippen molar-refractivity contribution in [3.63, 3.8) is 0 Å². The first-order valence-corrected chi connectivity index (χ1v) is 14.5. The Balaban J connectivity index is 1.97. The predicted octanol–water partition coefficient (Wildman–Crippen LogP) is 6.92. The zero-order chi connectivity index (χ0) is 27.6. The number of nitrogens with zero attached hydrogens (tertiary/aromatic N) is 4. The zero-order valence-corrected chi connectivity index (χ0v) is 24.3. The van der Waals surface area contributed by atoms with Crippen LogP contribution in [0.1, 0.15) is 116 Å². The van der Waals surface area contributed by atoms with Crippen LogP contribution in [0.25, 0.3) is 0 Å². The molecule has 1 aromatic carbocycles. The number of amides is 1. The van der Waals surface area contributed by atoms with Gasteiger partial charge in [-0.3, -0.25) is 4.79 Å². The molecule has 0 saturated carbocycles. The second-order valence-electron chi connectivity index (χ2n) is 9.87. The summed E-state index contributed by atoms with van der Waals surface area (Å²) in [7, 11) is 4.66. The highest BCUT2D eigenvalue weighted by Crippen LogP contribution is 2.39. The maximum Gasteiger partial charge on any atom is 0.251 e. The summed E-state index contributed by atoms with van der Waals surface area (Å²) in [5.74, 6) is 1.94. The van der Waals surface area contributed by atoms with Gasteiger partial charge < -0.3 is 19.5 Å². The van der Waals surface area contributed by atoms with E-state index < -0.39 is 6.04 Å². The van der Waals surface area contributed by atoms with Gasteiger partial charge in [-0.1, -0.05) is 90.9 Å². The van der Waals surface area contributed by atoms with Crippen LogP contribution in [0.4, 0.5) is 5.69 Å². The van der Waals surface area contributed by atoms with E-state index in [2.05, 4.69) is 34.6 Å². The van der Waals surface area contributed by atoms with Crippen LogP contribution in [-0.4, -0.2) is 47.4 Å². The Morgan fingerprint density at radius 2 is 1.37 bits per heavy atom. The molecule has 0 fully saturated rings. The molecule has 2 aromatic rings. The van der Waals surface area contributed by atoms with E-state index in [9.17, 15) is 4.79 Å². The summed E-state index contributed by atoms with van der Waals surface area (Å²) in [5.41, 5.74) is 0.451. The summed E-state index contributed by atoms with van der Waals surface area (Å²) in [5, 5.41) is 16.1. The van der Waals surface area contributed by atoms with Crippen LogP contribution in [0.2, 0.25) is 0 Å². The van der Waals surface area contributed by atoms with Crippen molar-refractivity contribution in [2.75, 3.05) is 26.6 Å². The van der Waals surface area contributed by atoms with E-state index in [1.165, 1.54) is 62.6 Å². The maximum absolute atomic E-state index is 13.5. The standard InChI is InChI=1S/C29H49N5O4/c1-6-8-10-11-12-13-14-15-16-18-20-27-31-33-34(32-27)24(19-17-9-7-2)29(35)30-28-25(37-4)21-23(36-3)22-26(28)38-5/h21-22,24H,6-20H2,1-5H3,(H,30,35). The number of aryl methyl sites for hydroxylation is 1. The lowest BCUT2D eigenvalue weighted by atomic mass is 10.1. The normalized spacial score (nSPS) is 11.8. The Kier molecular flexibility index (Phi) is 15.2. The van der Waals surface area contributed by atoms with Gasteiger partial charge >= 0.3 is 0 Å². The lowest BCUT2D eigenvalue weighted by Gasteiger charge is -2.19. The summed E-state index contributed by atoms with van der Waals surface area (Å²) >= 11 is 0. The zero-order valence-electron chi connectivity index (χ0n) is 24.3. The molecule has 1 aromatic heterocycles. The number of anilines is 1. The number of carbonyl (C=O) groups excluding carboxylic acids is 1. The molecule has 1 atom stereocenters. The number of hydrogen-bond acceptors (Lipinski definition) is 7. The van der Waals surface area contributed by atoms with Crippen molar-refractivity contribution in [1.29, 1.82) is 0 Å². The van der Waals surface area contributed by atoms with Crippen molar-refractivity contribution >= 4 is 11.6 Å². The van der Waals surface area contributed by atoms with Crippen LogP contribution in [-0.2, 0) is 11.2 Å². The Bertz CT molecular complexity index is 908. The second-order valence-corrected chi connectivity index (χ2v) is 9.87. The summed E-state index contributed by atoms with van der Waals surface area (Å²) in [6, 6.07) is 2.84. The lowest BCUT2D eigenvalue weighted by molar-refractivity contribution is -0.120. The second kappa shape index (κ2) is 18.4. The van der Waals surface area contributed by atoms with E-state index >= 15 is 0 Å². The third kappa shape index (κ3) is 10.5. The number of hydrogen-bond donors (Lipinski definition) is 1. The molecular weight excluding hydrogens is 482 g/mol. The van der Waals surface area contributed by atoms with Gasteiger partial charge in [0.15, 0.2) is 11.9 Å². The molecule has 0 aliphatic heterocycles. The molecule has 0 aliphatic rings. The van der Waals surface area contributed by atoms with Gasteiger partial charge in [0.05, 0.1) is 21.3 Å². The molecule has 38 heavy (non-hydrogen) atoms. The fraction of sp³-hybridized carbons (Fsp3) is 0.724. The Labute approximate surface area is 229 Å². The van der Waals surface area contributed by atoms with Crippen LogP contribution in [0.5, 0.6) is 17.2 Å². The van der Waals surface area contributed by atoms with Gasteiger partial charge in [0, 0.05) is 18.6 Å². The minimum atomic E-state index is -0.577. The van der Waals surface area contributed by atoms with E-state index in [-0.39, 0.29) is 5.91 Å². The maximum atomic E-state index is 13.5. The molecule has 0 spiro atoms. The van der Waals surface area contributed by atoms with Crippen molar-refractivity contribution < 1.29 is 19.0 Å². The minimum absolute atomic E-state index is 0.231. The van der Waals surface area contributed by atoms with E-state index in [0.717, 1.165) is 32.1 Å². The number of tetrazole rings is 1. The first-order valence-electron chi connectivity index (χ1n) is 14.5. The van der Waals surface area contributed by atoms with Crippen LogP contribution in [0.15, 0.2) is 12.1 Å². The summed E-state index contributed by atoms with van der Waals surface area (Å²) in [6.45, 7) is 4.40. The molecule has 0 bridgehead atoms. The lowest BCUT2D eigenvalue weighted by Crippen LogP contribution is -2.28. The quantitative estimate of drug-likeness (QED) is 0.174. The molecule has 1 amide bonds. The van der Waals surface area contributed by atoms with Gasteiger partial charge in [-0.2, -0.15) is 4.80 Å². The molecular formula is C29H49N5O4. The summed E-state index contributed by atoms with van der Waals surface area (Å²) < 4.78 is 16.3. The Morgan fingerprint density at radius 1 is 0.816 bits per heavy atom. The summed E-state index contributed by atoms with van der Waals surface area (Å²) in [4.78, 5) is 14.9. The van der Waals surface area contributed by atoms with Crippen LogP contribution < -0.4 is 19.5 Å². The van der Waals surface area contributed by atoms with Gasteiger partial charge in [0.1, 0.15) is 22.9 Å². The molecule has 2 rings (SSSR count). The number of rotatable bonds is 21. The number of nitrogens with one attached hydrogen (secondary N) is 1. The molecule has 0 aliphatic carbocycles. The Morgan fingerprint density at radius 3 is 1.92 bits per heavy atom. The van der Waals surface area contributed by atoms with Gasteiger partial charge in [-0.15, -0.1) is 10.2 Å². The molecule has 0 radical (unpaired) electrons. The number of carbonyl (C=O) groups is 1. The van der Waals surface area contributed by atoms with Crippen molar-refractivity contribution in [2.24, 2.45) is 0 Å². The van der Waals surface area contributed by atoms with Gasteiger partial charge in [0.25, 0.3) is 5.91 Å². The van der Waals surface area contributed by atoms with E-state index in [1.54, 1.807) is 33.5 Å². The number of aromatic nitrogens is 4. The minimum Gasteiger partial charge on any atom is -0.496 e. The fourth-order valence-corrected chi connectivity index (χ4v) is 4.53. The van der Waals surface area contributed by atoms with Gasteiger partial charge in [-0.25, -0.2) is 0 Å². The molecule has 214 valence electrons. The van der Waals surface area contributed by atoms with Crippen LogP contribution >= 0.6 is 0 Å². The predicted molar refractivity (Wildman–Crippen MR) is 151 cm³/mol. The average molecular weight is 532 g/mol. The van der Waals surface area contributed by atoms with Gasteiger partial charge in [0.2, 0.25) is 0 Å². The number of ether oxygens (including phenoxy) is 3. The highest BCUT2D eigenvalue weighted by atomic mass is 16.5. The van der Waals surface area contributed by atoms with Crippen molar-refractivity contribution in [3.8, 4) is 17.2 Å². The monoisotopic (exact) mass is 531 g/mol. The SMILES string of the molecule is CCCCCCCCCCCCc1nnn(C(CCCCC)C(=O)Nc2c(OC)cc(OC)cc2OC)n1. The van der Waals surface area contributed by atoms with E-state index in [1.807, 2.05) is 0 Å². The van der Waals surface area contributed by atoms with Crippen molar-refractivity contribution in [1.82, 2.24) is 20.2 Å². The highest BCUT2D eigenvalue weighted by Gasteiger charge is 2.26. The first-order chi connectivity index (χ1) is 18.6. The van der Waals surface area contributed by atoms with Crippen LogP contribution in [0.3, 0.4) is 0 Å². The highest BCUT2D eigenvalue weighted by molar-refractivity contribution is 5.96. The molecule has 9 heteroatoms. The number of unbranched alkanes of at least 4 members (excludes halogenated alkanes) is 11. The topological polar surface area (TPSA) is 100 Å². The smallest absolute Gasteiger partial charge is 0.251 e. The van der Waals surface area contributed by atoms with E-state index in [4.69, 9.17) is 14.2 Å². The fourth-order valence-electron chi connectivity index (χ4n) is 4.53. The number of methoxy groups -OCH3 is 3. The van der Waals surface area contributed by atoms with Crippen LogP contribution in [0, 0.1) is 0 Å².